The predicted octanol–water partition coefficient (Wildman–Crippen LogP) is 5.74. The third-order valence-electron chi connectivity index (χ3n) is 8.73. The van der Waals surface area contributed by atoms with E-state index >= 15 is 0 Å². The number of aliphatic hydroxyl groups is 1. The van der Waals surface area contributed by atoms with Gasteiger partial charge in [-0.2, -0.15) is 0 Å². The Bertz CT molecular complexity index is 550. The first-order valence-electron chi connectivity index (χ1n) is 11.6. The van der Waals surface area contributed by atoms with E-state index < -0.39 is 5.79 Å². The second-order valence-corrected chi connectivity index (χ2v) is 10.5. The van der Waals surface area contributed by atoms with Gasteiger partial charge in [-0.3, -0.25) is 4.79 Å². The third-order valence-corrected chi connectivity index (χ3v) is 8.73. The van der Waals surface area contributed by atoms with Gasteiger partial charge in [-0.25, -0.2) is 0 Å². The third kappa shape index (κ3) is 3.52. The summed E-state index contributed by atoms with van der Waals surface area (Å²) >= 11 is 0. The molecule has 7 atom stereocenters. The number of carbonyl (C=O) groups excluding carboxylic acids is 1. The highest BCUT2D eigenvalue weighted by atomic mass is 16.6. The van der Waals surface area contributed by atoms with Gasteiger partial charge >= 0.3 is 0 Å². The normalized spacial score (nSPS) is 46.6. The summed E-state index contributed by atoms with van der Waals surface area (Å²) in [4.78, 5) is 12.7. The maximum atomic E-state index is 12.7. The van der Waals surface area contributed by atoms with Crippen LogP contribution in [0.25, 0.3) is 0 Å². The van der Waals surface area contributed by atoms with E-state index in [2.05, 4.69) is 13.8 Å². The molecule has 4 rings (SSSR count). The molecule has 4 saturated carbocycles. The number of hydrogen-bond acceptors (Lipinski definition) is 3. The van der Waals surface area contributed by atoms with Crippen LogP contribution in [0.2, 0.25) is 0 Å². The summed E-state index contributed by atoms with van der Waals surface area (Å²) in [5.74, 6) is 1.66. The van der Waals surface area contributed by atoms with E-state index in [4.69, 9.17) is 4.74 Å². The second kappa shape index (κ2) is 7.44. The lowest BCUT2D eigenvalue weighted by Gasteiger charge is -2.62. The molecule has 0 aliphatic heterocycles. The fraction of sp³-hybridized carbons (Fsp3) is 0.958. The van der Waals surface area contributed by atoms with Gasteiger partial charge in [0.2, 0.25) is 0 Å². The number of fused-ring (bicyclic) bond motifs is 5. The molecule has 0 aromatic heterocycles. The van der Waals surface area contributed by atoms with E-state index in [1.54, 1.807) is 13.8 Å². The smallest absolute Gasteiger partial charge is 0.160 e. The van der Waals surface area contributed by atoms with Crippen molar-refractivity contribution in [3.05, 3.63) is 0 Å². The molecule has 0 heterocycles. The zero-order chi connectivity index (χ0) is 20.0. The van der Waals surface area contributed by atoms with Crippen LogP contribution in [-0.4, -0.2) is 22.8 Å². The van der Waals surface area contributed by atoms with Crippen molar-refractivity contribution in [2.45, 2.75) is 111 Å². The van der Waals surface area contributed by atoms with Crippen LogP contribution in [0.3, 0.4) is 0 Å². The molecule has 4 fully saturated rings. The van der Waals surface area contributed by atoms with Gasteiger partial charge in [0.25, 0.3) is 0 Å². The number of ketones is 1. The van der Waals surface area contributed by atoms with Gasteiger partial charge < -0.3 is 9.84 Å². The summed E-state index contributed by atoms with van der Waals surface area (Å²) < 4.78 is 6.27. The average Bonchev–Trinajstić information content (AvgIpc) is 2.91. The molecule has 0 bridgehead atoms. The lowest BCUT2D eigenvalue weighted by molar-refractivity contribution is -0.261. The van der Waals surface area contributed by atoms with Gasteiger partial charge in [-0.15, -0.1) is 0 Å². The van der Waals surface area contributed by atoms with E-state index in [9.17, 15) is 9.90 Å². The van der Waals surface area contributed by atoms with Crippen molar-refractivity contribution in [2.75, 3.05) is 0 Å². The van der Waals surface area contributed by atoms with Crippen LogP contribution in [0.1, 0.15) is 99.3 Å². The maximum Gasteiger partial charge on any atom is 0.160 e. The molecule has 4 aliphatic rings. The van der Waals surface area contributed by atoms with Gasteiger partial charge in [0.1, 0.15) is 5.78 Å². The van der Waals surface area contributed by atoms with Gasteiger partial charge in [-0.05, 0) is 81.5 Å². The maximum absolute atomic E-state index is 12.7. The Morgan fingerprint density at radius 1 is 1.04 bits per heavy atom. The topological polar surface area (TPSA) is 46.5 Å². The zero-order valence-corrected chi connectivity index (χ0v) is 18.5. The van der Waals surface area contributed by atoms with Crippen molar-refractivity contribution in [1.82, 2.24) is 0 Å². The van der Waals surface area contributed by atoms with Crippen molar-refractivity contribution in [1.29, 1.82) is 0 Å². The summed E-state index contributed by atoms with van der Waals surface area (Å²) in [5, 5.41) is 10.4. The lowest BCUT2D eigenvalue weighted by atomic mass is 9.44. The zero-order valence-electron chi connectivity index (χ0n) is 18.5. The molecule has 0 radical (unpaired) electrons. The highest BCUT2D eigenvalue weighted by Gasteiger charge is 2.62. The van der Waals surface area contributed by atoms with Crippen LogP contribution in [-0.2, 0) is 9.53 Å². The Hall–Kier alpha value is -0.410. The Morgan fingerprint density at radius 2 is 1.74 bits per heavy atom. The molecule has 1 N–H and O–H groups in total. The summed E-state index contributed by atoms with van der Waals surface area (Å²) in [6.45, 7) is 12.3. The van der Waals surface area contributed by atoms with E-state index in [1.807, 2.05) is 13.8 Å². The van der Waals surface area contributed by atoms with Gasteiger partial charge in [0.15, 0.2) is 5.79 Å². The number of Topliss-reactive ketones (excluding diaryl/α,β-unsaturated/α-hetero) is 1. The molecule has 7 unspecified atom stereocenters. The van der Waals surface area contributed by atoms with Crippen molar-refractivity contribution in [3.63, 3.8) is 0 Å². The molecule has 0 amide bonds. The Labute approximate surface area is 166 Å². The quantitative estimate of drug-likeness (QED) is 0.623. The van der Waals surface area contributed by atoms with Gasteiger partial charge in [-0.1, -0.05) is 40.5 Å². The van der Waals surface area contributed by atoms with Gasteiger partial charge in [0, 0.05) is 11.8 Å². The first-order chi connectivity index (χ1) is 12.7. The Morgan fingerprint density at radius 3 is 2.41 bits per heavy atom. The van der Waals surface area contributed by atoms with Crippen LogP contribution < -0.4 is 0 Å². The highest BCUT2D eigenvalue weighted by molar-refractivity contribution is 5.87. The van der Waals surface area contributed by atoms with E-state index in [-0.39, 0.29) is 11.5 Å². The fourth-order valence-corrected chi connectivity index (χ4v) is 7.50. The standard InChI is InChI=1S/C22H36O3.C2H6/c1-20(2,24)25-17-13-14-7-5-6-11-21(14,3)16-10-12-22(4)15(19(16)17)8-9-18(22)23;1-2/h14-17,19,24H,5-13H2,1-4H3;1-2H3. The molecule has 156 valence electrons. The highest BCUT2D eigenvalue weighted by Crippen LogP contribution is 2.66. The van der Waals surface area contributed by atoms with Crippen LogP contribution in [0.5, 0.6) is 0 Å². The molecular formula is C24H42O3. The number of ether oxygens (including phenoxy) is 1. The molecule has 0 aromatic carbocycles. The molecular weight excluding hydrogens is 336 g/mol. The Kier molecular flexibility index (Phi) is 5.87. The van der Waals surface area contributed by atoms with Crippen molar-refractivity contribution in [3.8, 4) is 0 Å². The molecule has 3 heteroatoms. The van der Waals surface area contributed by atoms with Crippen molar-refractivity contribution in [2.24, 2.45) is 34.5 Å². The SMILES string of the molecule is CC.CC(C)(O)OC1CC2CCCCC2(C)C2CCC3(C)C(=O)CCC3C12. The molecule has 4 aliphatic carbocycles. The molecule has 0 spiro atoms. The monoisotopic (exact) mass is 378 g/mol. The molecule has 0 aromatic rings. The molecule has 27 heavy (non-hydrogen) atoms. The Balaban J connectivity index is 0.00000102. The number of carbonyl (C=O) groups is 1. The molecule has 3 nitrogen and oxygen atoms in total. The van der Waals surface area contributed by atoms with Crippen LogP contribution in [0.15, 0.2) is 0 Å². The summed E-state index contributed by atoms with van der Waals surface area (Å²) in [7, 11) is 0. The predicted molar refractivity (Wildman–Crippen MR) is 109 cm³/mol. The summed E-state index contributed by atoms with van der Waals surface area (Å²) in [5.41, 5.74) is 0.273. The van der Waals surface area contributed by atoms with Crippen LogP contribution >= 0.6 is 0 Å². The number of hydrogen-bond donors (Lipinski definition) is 1. The second-order valence-electron chi connectivity index (χ2n) is 10.5. The average molecular weight is 379 g/mol. The minimum Gasteiger partial charge on any atom is -0.366 e. The largest absolute Gasteiger partial charge is 0.366 e. The fourth-order valence-electron chi connectivity index (χ4n) is 7.50. The first kappa shape index (κ1) is 21.3. The van der Waals surface area contributed by atoms with Crippen LogP contribution in [0.4, 0.5) is 0 Å². The van der Waals surface area contributed by atoms with E-state index in [1.165, 1.54) is 32.1 Å². The lowest BCUT2D eigenvalue weighted by Crippen LogP contribution is -2.59. The van der Waals surface area contributed by atoms with Crippen molar-refractivity contribution >= 4 is 5.78 Å². The summed E-state index contributed by atoms with van der Waals surface area (Å²) in [6, 6.07) is 0. The number of rotatable bonds is 2. The van der Waals surface area contributed by atoms with Gasteiger partial charge in [0.05, 0.1) is 6.10 Å². The minimum atomic E-state index is -1.09. The van der Waals surface area contributed by atoms with E-state index in [0.717, 1.165) is 31.6 Å². The molecule has 0 saturated heterocycles. The summed E-state index contributed by atoms with van der Waals surface area (Å²) in [6.07, 6.45) is 10.5. The van der Waals surface area contributed by atoms with Crippen molar-refractivity contribution < 1.29 is 14.6 Å². The minimum absolute atomic E-state index is 0.108. The van der Waals surface area contributed by atoms with Crippen LogP contribution in [0, 0.1) is 34.5 Å². The first-order valence-corrected chi connectivity index (χ1v) is 11.6. The van der Waals surface area contributed by atoms with E-state index in [0.29, 0.717) is 29.0 Å².